The molecule has 0 aliphatic carbocycles. The number of amides is 2. The topological polar surface area (TPSA) is 75.7 Å². The molecule has 140 valence electrons. The minimum Gasteiger partial charge on any atom is -0.465 e. The highest BCUT2D eigenvalue weighted by molar-refractivity contribution is 6.04. The molecule has 0 spiro atoms. The summed E-state index contributed by atoms with van der Waals surface area (Å²) in [6, 6.07) is 9.19. The molecule has 0 unspecified atom stereocenters. The summed E-state index contributed by atoms with van der Waals surface area (Å²) in [4.78, 5) is 37.4. The van der Waals surface area contributed by atoms with Crippen LogP contribution in [0.1, 0.15) is 16.8 Å². The fourth-order valence-corrected chi connectivity index (χ4v) is 2.89. The Kier molecular flexibility index (Phi) is 5.16. The summed E-state index contributed by atoms with van der Waals surface area (Å²) in [5.41, 5.74) is -0.0268. The number of rotatable bonds is 4. The standard InChI is InChI=1S/C19H16F2N2O4/c1-27-19(26)11-6-7-13(20)15(8-11)22-18(25)12-9-17(24)23(10-12)16-5-3-2-4-14(16)21/h2-8,12H,9-10H2,1H3,(H,22,25)/t12-/m0/s1. The van der Waals surface area contributed by atoms with Crippen LogP contribution in [0.25, 0.3) is 0 Å². The number of ether oxygens (including phenoxy) is 1. The third-order valence-electron chi connectivity index (χ3n) is 4.28. The van der Waals surface area contributed by atoms with Crippen LogP contribution in [0, 0.1) is 17.6 Å². The Hall–Kier alpha value is -3.29. The van der Waals surface area contributed by atoms with Crippen LogP contribution in [0.5, 0.6) is 0 Å². The summed E-state index contributed by atoms with van der Waals surface area (Å²) in [6.07, 6.45) is -0.127. The molecule has 1 aliphatic rings. The number of anilines is 2. The van der Waals surface area contributed by atoms with E-state index in [1.807, 2.05) is 0 Å². The van der Waals surface area contributed by atoms with Gasteiger partial charge in [0.05, 0.1) is 30.0 Å². The number of nitrogens with one attached hydrogen (secondary N) is 1. The smallest absolute Gasteiger partial charge is 0.337 e. The monoisotopic (exact) mass is 374 g/mol. The average molecular weight is 374 g/mol. The highest BCUT2D eigenvalue weighted by atomic mass is 19.1. The molecule has 2 aromatic carbocycles. The average Bonchev–Trinajstić information content (AvgIpc) is 3.05. The molecule has 0 bridgehead atoms. The van der Waals surface area contributed by atoms with Gasteiger partial charge in [0, 0.05) is 13.0 Å². The first kappa shape index (κ1) is 18.5. The number of para-hydroxylation sites is 1. The molecule has 1 N–H and O–H groups in total. The number of esters is 1. The predicted octanol–water partition coefficient (Wildman–Crippen LogP) is 2.74. The van der Waals surface area contributed by atoms with Crippen LogP contribution in [0.2, 0.25) is 0 Å². The molecule has 1 aliphatic heterocycles. The van der Waals surface area contributed by atoms with Crippen LogP contribution in [0.3, 0.4) is 0 Å². The van der Waals surface area contributed by atoms with E-state index in [0.717, 1.165) is 12.1 Å². The molecule has 8 heteroatoms. The van der Waals surface area contributed by atoms with E-state index in [-0.39, 0.29) is 29.9 Å². The van der Waals surface area contributed by atoms with Crippen molar-refractivity contribution in [1.82, 2.24) is 0 Å². The molecular formula is C19H16F2N2O4. The summed E-state index contributed by atoms with van der Waals surface area (Å²) in [5, 5.41) is 2.38. The number of halogens is 2. The maximum Gasteiger partial charge on any atom is 0.337 e. The largest absolute Gasteiger partial charge is 0.465 e. The molecule has 1 saturated heterocycles. The van der Waals surface area contributed by atoms with Crippen LogP contribution >= 0.6 is 0 Å². The highest BCUT2D eigenvalue weighted by Gasteiger charge is 2.36. The molecule has 1 heterocycles. The number of carbonyl (C=O) groups is 3. The molecule has 1 atom stereocenters. The second kappa shape index (κ2) is 7.53. The van der Waals surface area contributed by atoms with Crippen molar-refractivity contribution in [3.05, 3.63) is 59.7 Å². The number of hydrogen-bond donors (Lipinski definition) is 1. The van der Waals surface area contributed by atoms with Gasteiger partial charge in [-0.2, -0.15) is 0 Å². The first-order chi connectivity index (χ1) is 12.9. The zero-order chi connectivity index (χ0) is 19.6. The summed E-state index contributed by atoms with van der Waals surface area (Å²) in [6.45, 7) is -0.0239. The van der Waals surface area contributed by atoms with Crippen LogP contribution in [-0.2, 0) is 14.3 Å². The van der Waals surface area contributed by atoms with Crippen LogP contribution in [-0.4, -0.2) is 31.4 Å². The second-order valence-corrected chi connectivity index (χ2v) is 6.03. The van der Waals surface area contributed by atoms with Gasteiger partial charge in [-0.1, -0.05) is 12.1 Å². The van der Waals surface area contributed by atoms with Crippen LogP contribution < -0.4 is 10.2 Å². The first-order valence-electron chi connectivity index (χ1n) is 8.14. The van der Waals surface area contributed by atoms with Gasteiger partial charge < -0.3 is 15.0 Å². The van der Waals surface area contributed by atoms with E-state index in [1.165, 1.54) is 36.3 Å². The van der Waals surface area contributed by atoms with Crippen LogP contribution in [0.4, 0.5) is 20.2 Å². The predicted molar refractivity (Wildman–Crippen MR) is 93.2 cm³/mol. The van der Waals surface area contributed by atoms with Gasteiger partial charge in [-0.3, -0.25) is 9.59 Å². The lowest BCUT2D eigenvalue weighted by Crippen LogP contribution is -2.29. The van der Waals surface area contributed by atoms with Gasteiger partial charge in [-0.05, 0) is 30.3 Å². The SMILES string of the molecule is COC(=O)c1ccc(F)c(NC(=O)[C@H]2CC(=O)N(c3ccccc3F)C2)c1. The van der Waals surface area contributed by atoms with Crippen molar-refractivity contribution in [3.63, 3.8) is 0 Å². The van der Waals surface area contributed by atoms with E-state index in [0.29, 0.717) is 0 Å². The Bertz CT molecular complexity index is 916. The Balaban J connectivity index is 1.75. The maximum absolute atomic E-state index is 14.0. The lowest BCUT2D eigenvalue weighted by atomic mass is 10.1. The zero-order valence-corrected chi connectivity index (χ0v) is 14.4. The zero-order valence-electron chi connectivity index (χ0n) is 14.4. The van der Waals surface area contributed by atoms with Crippen molar-refractivity contribution in [2.75, 3.05) is 23.9 Å². The highest BCUT2D eigenvalue weighted by Crippen LogP contribution is 2.28. The third-order valence-corrected chi connectivity index (χ3v) is 4.28. The van der Waals surface area contributed by atoms with E-state index in [4.69, 9.17) is 0 Å². The molecular weight excluding hydrogens is 358 g/mol. The fourth-order valence-electron chi connectivity index (χ4n) is 2.89. The van der Waals surface area contributed by atoms with Crippen molar-refractivity contribution >= 4 is 29.2 Å². The van der Waals surface area contributed by atoms with E-state index >= 15 is 0 Å². The lowest BCUT2D eigenvalue weighted by Gasteiger charge is -2.17. The van der Waals surface area contributed by atoms with Gasteiger partial charge in [0.1, 0.15) is 11.6 Å². The molecule has 6 nitrogen and oxygen atoms in total. The molecule has 0 radical (unpaired) electrons. The Labute approximate surface area is 153 Å². The number of nitrogens with zero attached hydrogens (tertiary/aromatic N) is 1. The summed E-state index contributed by atoms with van der Waals surface area (Å²) in [7, 11) is 1.19. The van der Waals surface area contributed by atoms with Gasteiger partial charge >= 0.3 is 5.97 Å². The molecule has 3 rings (SSSR count). The van der Waals surface area contributed by atoms with Crippen molar-refractivity contribution in [2.45, 2.75) is 6.42 Å². The Morgan fingerprint density at radius 1 is 1.15 bits per heavy atom. The molecule has 2 amide bonds. The lowest BCUT2D eigenvalue weighted by molar-refractivity contribution is -0.122. The molecule has 27 heavy (non-hydrogen) atoms. The minimum absolute atomic E-state index is 0.0239. The van der Waals surface area contributed by atoms with Crippen LogP contribution in [0.15, 0.2) is 42.5 Å². The number of hydrogen-bond acceptors (Lipinski definition) is 4. The van der Waals surface area contributed by atoms with Crippen molar-refractivity contribution in [2.24, 2.45) is 5.92 Å². The van der Waals surface area contributed by atoms with Gasteiger partial charge in [0.2, 0.25) is 11.8 Å². The van der Waals surface area contributed by atoms with Crippen molar-refractivity contribution in [1.29, 1.82) is 0 Å². The normalized spacial score (nSPS) is 16.3. The van der Waals surface area contributed by atoms with Gasteiger partial charge in [0.25, 0.3) is 0 Å². The Morgan fingerprint density at radius 3 is 2.59 bits per heavy atom. The van der Waals surface area contributed by atoms with E-state index in [2.05, 4.69) is 10.1 Å². The molecule has 1 fully saturated rings. The number of benzene rings is 2. The van der Waals surface area contributed by atoms with Gasteiger partial charge in [0.15, 0.2) is 0 Å². The Morgan fingerprint density at radius 2 is 1.89 bits per heavy atom. The van der Waals surface area contributed by atoms with Gasteiger partial charge in [-0.25, -0.2) is 13.6 Å². The summed E-state index contributed by atoms with van der Waals surface area (Å²) < 4.78 is 32.4. The number of methoxy groups -OCH3 is 1. The molecule has 2 aromatic rings. The quantitative estimate of drug-likeness (QED) is 0.835. The van der Waals surface area contributed by atoms with E-state index < -0.39 is 35.3 Å². The van der Waals surface area contributed by atoms with Crippen molar-refractivity contribution < 1.29 is 27.9 Å². The third kappa shape index (κ3) is 3.79. The second-order valence-electron chi connectivity index (χ2n) is 6.03. The van der Waals surface area contributed by atoms with Crippen molar-refractivity contribution in [3.8, 4) is 0 Å². The maximum atomic E-state index is 14.0. The first-order valence-corrected chi connectivity index (χ1v) is 8.14. The molecule has 0 aromatic heterocycles. The minimum atomic E-state index is -0.779. The molecule has 0 saturated carbocycles. The summed E-state index contributed by atoms with van der Waals surface area (Å²) >= 11 is 0. The fraction of sp³-hybridized carbons (Fsp3) is 0.211. The summed E-state index contributed by atoms with van der Waals surface area (Å²) in [5.74, 6) is -3.74. The van der Waals surface area contributed by atoms with E-state index in [1.54, 1.807) is 6.07 Å². The van der Waals surface area contributed by atoms with E-state index in [9.17, 15) is 23.2 Å². The van der Waals surface area contributed by atoms with Gasteiger partial charge in [-0.15, -0.1) is 0 Å². The number of carbonyl (C=O) groups excluding carboxylic acids is 3.